The first-order chi connectivity index (χ1) is 11.6. The second kappa shape index (κ2) is 7.37. The maximum atomic E-state index is 12.4. The molecule has 1 saturated heterocycles. The van der Waals surface area contributed by atoms with E-state index in [0.717, 1.165) is 6.42 Å². The van der Waals surface area contributed by atoms with Gasteiger partial charge in [-0.15, -0.1) is 0 Å². The minimum absolute atomic E-state index is 0.0706. The van der Waals surface area contributed by atoms with Gasteiger partial charge in [0.2, 0.25) is 5.95 Å². The summed E-state index contributed by atoms with van der Waals surface area (Å²) in [7, 11) is 0. The number of hydrogen-bond acceptors (Lipinski definition) is 5. The van der Waals surface area contributed by atoms with Crippen LogP contribution in [0.5, 0.6) is 0 Å². The summed E-state index contributed by atoms with van der Waals surface area (Å²) in [4.78, 5) is 36.9. The van der Waals surface area contributed by atoms with Crippen molar-refractivity contribution in [2.45, 2.75) is 46.6 Å². The van der Waals surface area contributed by atoms with Gasteiger partial charge in [0.15, 0.2) is 0 Å². The fourth-order valence-electron chi connectivity index (χ4n) is 3.44. The third-order valence-electron chi connectivity index (χ3n) is 4.02. The minimum atomic E-state index is -0.529. The molecule has 1 aliphatic heterocycles. The molecule has 7 nitrogen and oxygen atoms in total. The Morgan fingerprint density at radius 2 is 1.60 bits per heavy atom. The van der Waals surface area contributed by atoms with Crippen molar-refractivity contribution in [3.05, 3.63) is 18.5 Å². The van der Waals surface area contributed by atoms with Crippen LogP contribution in [0.1, 0.15) is 41.0 Å². The van der Waals surface area contributed by atoms with Crippen molar-refractivity contribution >= 4 is 17.8 Å². The maximum Gasteiger partial charge on any atom is 0.312 e. The van der Waals surface area contributed by atoms with Gasteiger partial charge >= 0.3 is 11.8 Å². The van der Waals surface area contributed by atoms with E-state index < -0.39 is 17.4 Å². The van der Waals surface area contributed by atoms with Crippen molar-refractivity contribution in [2.75, 3.05) is 31.1 Å². The lowest BCUT2D eigenvalue weighted by molar-refractivity contribution is -0.147. The van der Waals surface area contributed by atoms with E-state index in [0.29, 0.717) is 32.1 Å². The summed E-state index contributed by atoms with van der Waals surface area (Å²) in [6.07, 6.45) is 4.19. The highest BCUT2D eigenvalue weighted by atomic mass is 16.2. The zero-order valence-corrected chi connectivity index (χ0v) is 15.9. The molecule has 2 heterocycles. The van der Waals surface area contributed by atoms with Crippen molar-refractivity contribution in [2.24, 2.45) is 5.41 Å². The zero-order valence-electron chi connectivity index (χ0n) is 15.9. The fourth-order valence-corrected chi connectivity index (χ4v) is 3.44. The van der Waals surface area contributed by atoms with Gasteiger partial charge in [0.25, 0.3) is 0 Å². The molecule has 2 amide bonds. The summed E-state index contributed by atoms with van der Waals surface area (Å²) in [5.74, 6) is -0.334. The summed E-state index contributed by atoms with van der Waals surface area (Å²) in [6, 6.07) is 1.77. The molecule has 138 valence electrons. The van der Waals surface area contributed by atoms with Gasteiger partial charge in [-0.25, -0.2) is 9.97 Å². The molecule has 0 aromatic carbocycles. The Hall–Kier alpha value is -2.18. The number of amides is 2. The van der Waals surface area contributed by atoms with Crippen LogP contribution in [0, 0.1) is 5.41 Å². The Bertz CT molecular complexity index is 602. The van der Waals surface area contributed by atoms with E-state index >= 15 is 0 Å². The van der Waals surface area contributed by atoms with Crippen LogP contribution >= 0.6 is 0 Å². The molecule has 1 fully saturated rings. The summed E-state index contributed by atoms with van der Waals surface area (Å²) in [5.41, 5.74) is -0.355. The Morgan fingerprint density at radius 1 is 1.04 bits per heavy atom. The highest BCUT2D eigenvalue weighted by Crippen LogP contribution is 2.26. The highest BCUT2D eigenvalue weighted by molar-refractivity contribution is 6.35. The Morgan fingerprint density at radius 3 is 2.12 bits per heavy atom. The molecule has 0 spiro atoms. The van der Waals surface area contributed by atoms with Gasteiger partial charge < -0.3 is 15.1 Å². The van der Waals surface area contributed by atoms with Gasteiger partial charge in [0.1, 0.15) is 0 Å². The Balaban J connectivity index is 1.88. The van der Waals surface area contributed by atoms with Crippen molar-refractivity contribution in [1.29, 1.82) is 0 Å². The number of rotatable bonds is 3. The first-order valence-corrected chi connectivity index (χ1v) is 8.71. The Kier molecular flexibility index (Phi) is 5.65. The van der Waals surface area contributed by atoms with Crippen molar-refractivity contribution in [3.8, 4) is 0 Å². The largest absolute Gasteiger partial charge is 0.343 e. The van der Waals surface area contributed by atoms with Crippen molar-refractivity contribution < 1.29 is 9.59 Å². The number of carbonyl (C=O) groups is 2. The summed E-state index contributed by atoms with van der Waals surface area (Å²) >= 11 is 0. The van der Waals surface area contributed by atoms with Gasteiger partial charge in [-0.3, -0.25) is 9.59 Å². The normalized spacial score (nSPS) is 15.9. The van der Waals surface area contributed by atoms with Crippen LogP contribution in [0.15, 0.2) is 18.5 Å². The van der Waals surface area contributed by atoms with E-state index in [2.05, 4.69) is 36.1 Å². The molecule has 1 aromatic heterocycles. The molecular weight excluding hydrogens is 318 g/mol. The maximum absolute atomic E-state index is 12.4. The minimum Gasteiger partial charge on any atom is -0.343 e. The van der Waals surface area contributed by atoms with Crippen molar-refractivity contribution in [1.82, 2.24) is 20.2 Å². The topological polar surface area (TPSA) is 78.4 Å². The van der Waals surface area contributed by atoms with E-state index in [1.54, 1.807) is 23.4 Å². The second-order valence-corrected chi connectivity index (χ2v) is 8.40. The molecular formula is C18H29N5O2. The number of aromatic nitrogens is 2. The van der Waals surface area contributed by atoms with Crippen LogP contribution in [0.3, 0.4) is 0 Å². The SMILES string of the molecule is CC(C)(C)CC(C)(C)NC(=O)C(=O)N1CCN(c2ncccn2)CC1. The zero-order chi connectivity index (χ0) is 18.7. The Labute approximate surface area is 149 Å². The molecule has 0 bridgehead atoms. The van der Waals surface area contributed by atoms with E-state index in [-0.39, 0.29) is 5.41 Å². The quantitative estimate of drug-likeness (QED) is 0.838. The number of piperazine rings is 1. The van der Waals surface area contributed by atoms with Gasteiger partial charge in [-0.1, -0.05) is 20.8 Å². The molecule has 1 aliphatic rings. The molecule has 7 heteroatoms. The number of nitrogens with one attached hydrogen (secondary N) is 1. The molecule has 0 saturated carbocycles. The van der Waals surface area contributed by atoms with E-state index in [1.165, 1.54) is 0 Å². The number of nitrogens with zero attached hydrogens (tertiary/aromatic N) is 4. The summed E-state index contributed by atoms with van der Waals surface area (Å²) in [5, 5.41) is 2.88. The lowest BCUT2D eigenvalue weighted by Gasteiger charge is -2.36. The smallest absolute Gasteiger partial charge is 0.312 e. The van der Waals surface area contributed by atoms with Crippen LogP contribution < -0.4 is 10.2 Å². The summed E-state index contributed by atoms with van der Waals surface area (Å²) < 4.78 is 0. The molecule has 0 atom stereocenters. The molecule has 2 rings (SSSR count). The van der Waals surface area contributed by atoms with E-state index in [9.17, 15) is 9.59 Å². The average Bonchev–Trinajstić information content (AvgIpc) is 2.52. The first kappa shape index (κ1) is 19.1. The summed E-state index contributed by atoms with van der Waals surface area (Å²) in [6.45, 7) is 12.5. The predicted octanol–water partition coefficient (Wildman–Crippen LogP) is 1.46. The van der Waals surface area contributed by atoms with Crippen LogP contribution in [0.4, 0.5) is 5.95 Å². The van der Waals surface area contributed by atoms with Gasteiger partial charge in [0, 0.05) is 44.1 Å². The number of anilines is 1. The third kappa shape index (κ3) is 5.69. The van der Waals surface area contributed by atoms with Gasteiger partial charge in [0.05, 0.1) is 0 Å². The lowest BCUT2D eigenvalue weighted by Crippen LogP contribution is -2.56. The monoisotopic (exact) mass is 347 g/mol. The fraction of sp³-hybridized carbons (Fsp3) is 0.667. The molecule has 25 heavy (non-hydrogen) atoms. The van der Waals surface area contributed by atoms with Crippen LogP contribution in [0.25, 0.3) is 0 Å². The van der Waals surface area contributed by atoms with Gasteiger partial charge in [-0.05, 0) is 31.7 Å². The molecule has 0 radical (unpaired) electrons. The number of hydrogen-bond donors (Lipinski definition) is 1. The lowest BCUT2D eigenvalue weighted by atomic mass is 9.82. The average molecular weight is 347 g/mol. The first-order valence-electron chi connectivity index (χ1n) is 8.71. The van der Waals surface area contributed by atoms with Crippen LogP contribution in [-0.2, 0) is 9.59 Å². The molecule has 0 unspecified atom stereocenters. The van der Waals surface area contributed by atoms with E-state index in [1.807, 2.05) is 18.7 Å². The second-order valence-electron chi connectivity index (χ2n) is 8.40. The highest BCUT2D eigenvalue weighted by Gasteiger charge is 2.32. The van der Waals surface area contributed by atoms with Crippen molar-refractivity contribution in [3.63, 3.8) is 0 Å². The molecule has 0 aliphatic carbocycles. The molecule has 1 aromatic rings. The number of carbonyl (C=O) groups excluding carboxylic acids is 2. The van der Waals surface area contributed by atoms with E-state index in [4.69, 9.17) is 0 Å². The molecule has 1 N–H and O–H groups in total. The third-order valence-corrected chi connectivity index (χ3v) is 4.02. The predicted molar refractivity (Wildman–Crippen MR) is 97.1 cm³/mol. The van der Waals surface area contributed by atoms with Gasteiger partial charge in [-0.2, -0.15) is 0 Å². The van der Waals surface area contributed by atoms with Crippen LogP contribution in [0.2, 0.25) is 0 Å². The van der Waals surface area contributed by atoms with Crippen LogP contribution in [-0.4, -0.2) is 58.4 Å². The standard InChI is InChI=1S/C18H29N5O2/c1-17(2,3)13-18(4,5)21-14(24)15(25)22-9-11-23(12-10-22)16-19-7-6-8-20-16/h6-8H,9-13H2,1-5H3,(H,21,24).